The van der Waals surface area contributed by atoms with E-state index in [1.165, 1.54) is 0 Å². The van der Waals surface area contributed by atoms with Crippen LogP contribution in [0.3, 0.4) is 0 Å². The minimum absolute atomic E-state index is 0.0293. The van der Waals surface area contributed by atoms with E-state index in [9.17, 15) is 4.79 Å². The Hall–Kier alpha value is -0.570. The molecule has 0 aliphatic rings. The number of carbonyl (C=O) groups excluding carboxylic acids is 1. The third-order valence-corrected chi connectivity index (χ3v) is 2.19. The highest BCUT2D eigenvalue weighted by Gasteiger charge is 2.13. The van der Waals surface area contributed by atoms with Crippen molar-refractivity contribution in [3.05, 3.63) is 0 Å². The molecule has 0 rings (SSSR count). The van der Waals surface area contributed by atoms with E-state index in [4.69, 9.17) is 9.84 Å². The Balaban J connectivity index is 3.44. The fraction of sp³-hybridized carbons (Fsp3) is 0.909. The number of ether oxygens (including phenoxy) is 1. The fourth-order valence-corrected chi connectivity index (χ4v) is 1.14. The van der Waals surface area contributed by atoms with Gasteiger partial charge in [-0.3, -0.25) is 4.79 Å². The normalized spacial score (nSPS) is 12.5. The molecule has 3 heteroatoms. The average molecular weight is 202 g/mol. The molecule has 0 bridgehead atoms. The molecule has 1 unspecified atom stereocenters. The third kappa shape index (κ3) is 6.89. The van der Waals surface area contributed by atoms with Crippen LogP contribution in [0.15, 0.2) is 0 Å². The summed E-state index contributed by atoms with van der Waals surface area (Å²) in [5, 5.41) is 8.57. The molecule has 0 aromatic carbocycles. The van der Waals surface area contributed by atoms with Gasteiger partial charge in [-0.05, 0) is 19.3 Å². The molecule has 0 saturated carbocycles. The topological polar surface area (TPSA) is 46.5 Å². The highest BCUT2D eigenvalue weighted by atomic mass is 16.5. The molecule has 14 heavy (non-hydrogen) atoms. The second kappa shape index (κ2) is 9.00. The molecular formula is C11H22O3. The average Bonchev–Trinajstić information content (AvgIpc) is 2.18. The van der Waals surface area contributed by atoms with E-state index in [0.717, 1.165) is 32.1 Å². The Kier molecular flexibility index (Phi) is 8.64. The molecule has 0 saturated heterocycles. The molecule has 0 aliphatic carbocycles. The van der Waals surface area contributed by atoms with Crippen LogP contribution < -0.4 is 0 Å². The number of aliphatic hydroxyl groups is 1. The van der Waals surface area contributed by atoms with Crippen LogP contribution in [0.25, 0.3) is 0 Å². The molecule has 0 aliphatic heterocycles. The van der Waals surface area contributed by atoms with Crippen molar-refractivity contribution in [3.8, 4) is 0 Å². The van der Waals surface area contributed by atoms with Gasteiger partial charge in [0.15, 0.2) is 0 Å². The van der Waals surface area contributed by atoms with Crippen LogP contribution >= 0.6 is 0 Å². The number of rotatable bonds is 8. The van der Waals surface area contributed by atoms with Crippen molar-refractivity contribution in [3.63, 3.8) is 0 Å². The van der Waals surface area contributed by atoms with Gasteiger partial charge >= 0.3 is 5.97 Å². The standard InChI is InChI=1S/C11H22O3/c1-3-4-9-14-11(13)10(2)7-5-6-8-12/h10,12H,3-9H2,1-2H3. The summed E-state index contributed by atoms with van der Waals surface area (Å²) in [7, 11) is 0. The monoisotopic (exact) mass is 202 g/mol. The van der Waals surface area contributed by atoms with Crippen molar-refractivity contribution in [1.29, 1.82) is 0 Å². The molecular weight excluding hydrogens is 180 g/mol. The first kappa shape index (κ1) is 13.4. The van der Waals surface area contributed by atoms with Gasteiger partial charge in [0.05, 0.1) is 12.5 Å². The van der Waals surface area contributed by atoms with Gasteiger partial charge in [0.2, 0.25) is 0 Å². The van der Waals surface area contributed by atoms with Gasteiger partial charge in [0.1, 0.15) is 0 Å². The highest BCUT2D eigenvalue weighted by molar-refractivity contribution is 5.71. The lowest BCUT2D eigenvalue weighted by Gasteiger charge is -2.10. The van der Waals surface area contributed by atoms with Crippen LogP contribution in [0.5, 0.6) is 0 Å². The summed E-state index contributed by atoms with van der Waals surface area (Å²) in [4.78, 5) is 11.3. The summed E-state index contributed by atoms with van der Waals surface area (Å²) in [6.45, 7) is 4.70. The number of esters is 1. The number of aliphatic hydroxyl groups excluding tert-OH is 1. The SMILES string of the molecule is CCCCOC(=O)C(C)CCCCO. The summed E-state index contributed by atoms with van der Waals surface area (Å²) >= 11 is 0. The van der Waals surface area contributed by atoms with E-state index in [2.05, 4.69) is 6.92 Å². The predicted octanol–water partition coefficient (Wildman–Crippen LogP) is 2.13. The molecule has 0 fully saturated rings. The quantitative estimate of drug-likeness (QED) is 0.484. The lowest BCUT2D eigenvalue weighted by Crippen LogP contribution is -2.15. The zero-order valence-corrected chi connectivity index (χ0v) is 9.29. The zero-order chi connectivity index (χ0) is 10.8. The van der Waals surface area contributed by atoms with Crippen molar-refractivity contribution >= 4 is 5.97 Å². The summed E-state index contributed by atoms with van der Waals surface area (Å²) < 4.78 is 5.07. The van der Waals surface area contributed by atoms with E-state index in [1.54, 1.807) is 0 Å². The van der Waals surface area contributed by atoms with Gasteiger partial charge in [-0.2, -0.15) is 0 Å². The molecule has 0 spiro atoms. The fourth-order valence-electron chi connectivity index (χ4n) is 1.14. The predicted molar refractivity (Wildman–Crippen MR) is 56.0 cm³/mol. The van der Waals surface area contributed by atoms with Crippen LogP contribution in [0.4, 0.5) is 0 Å². The first-order valence-electron chi connectivity index (χ1n) is 5.49. The van der Waals surface area contributed by atoms with Crippen molar-refractivity contribution in [2.24, 2.45) is 5.92 Å². The minimum atomic E-state index is -0.101. The van der Waals surface area contributed by atoms with Crippen LogP contribution in [0, 0.1) is 5.92 Å². The van der Waals surface area contributed by atoms with Gasteiger partial charge in [-0.25, -0.2) is 0 Å². The number of unbranched alkanes of at least 4 members (excludes halogenated alkanes) is 2. The Morgan fingerprint density at radius 2 is 2.07 bits per heavy atom. The van der Waals surface area contributed by atoms with E-state index in [1.807, 2.05) is 6.92 Å². The summed E-state index contributed by atoms with van der Waals surface area (Å²) in [6, 6.07) is 0. The van der Waals surface area contributed by atoms with Crippen LogP contribution in [0.1, 0.15) is 46.0 Å². The van der Waals surface area contributed by atoms with Gasteiger partial charge in [0.25, 0.3) is 0 Å². The molecule has 0 aromatic rings. The molecule has 0 amide bonds. The maximum Gasteiger partial charge on any atom is 0.308 e. The molecule has 84 valence electrons. The Morgan fingerprint density at radius 3 is 2.64 bits per heavy atom. The lowest BCUT2D eigenvalue weighted by molar-refractivity contribution is -0.148. The van der Waals surface area contributed by atoms with Crippen molar-refractivity contribution in [2.75, 3.05) is 13.2 Å². The molecule has 0 heterocycles. The van der Waals surface area contributed by atoms with Gasteiger partial charge in [0, 0.05) is 6.61 Å². The highest BCUT2D eigenvalue weighted by Crippen LogP contribution is 2.09. The van der Waals surface area contributed by atoms with Crippen molar-refractivity contribution in [2.45, 2.75) is 46.0 Å². The minimum Gasteiger partial charge on any atom is -0.465 e. The van der Waals surface area contributed by atoms with Crippen LogP contribution in [0.2, 0.25) is 0 Å². The lowest BCUT2D eigenvalue weighted by atomic mass is 10.0. The number of hydrogen-bond acceptors (Lipinski definition) is 3. The van der Waals surface area contributed by atoms with Crippen LogP contribution in [-0.2, 0) is 9.53 Å². The summed E-state index contributed by atoms with van der Waals surface area (Å²) in [6.07, 6.45) is 4.46. The van der Waals surface area contributed by atoms with Gasteiger partial charge < -0.3 is 9.84 Å². The number of carbonyl (C=O) groups is 1. The molecule has 1 atom stereocenters. The van der Waals surface area contributed by atoms with Gasteiger partial charge in [-0.1, -0.05) is 26.7 Å². The van der Waals surface area contributed by atoms with Crippen molar-refractivity contribution in [1.82, 2.24) is 0 Å². The molecule has 0 aromatic heterocycles. The van der Waals surface area contributed by atoms with E-state index >= 15 is 0 Å². The van der Waals surface area contributed by atoms with Gasteiger partial charge in [-0.15, -0.1) is 0 Å². The molecule has 3 nitrogen and oxygen atoms in total. The first-order valence-corrected chi connectivity index (χ1v) is 5.49. The van der Waals surface area contributed by atoms with Crippen molar-refractivity contribution < 1.29 is 14.6 Å². The smallest absolute Gasteiger partial charge is 0.308 e. The van der Waals surface area contributed by atoms with Crippen LogP contribution in [-0.4, -0.2) is 24.3 Å². The second-order valence-electron chi connectivity index (χ2n) is 3.64. The second-order valence-corrected chi connectivity index (χ2v) is 3.64. The van der Waals surface area contributed by atoms with E-state index in [-0.39, 0.29) is 18.5 Å². The zero-order valence-electron chi connectivity index (χ0n) is 9.29. The Bertz CT molecular complexity index is 145. The summed E-state index contributed by atoms with van der Waals surface area (Å²) in [5.41, 5.74) is 0. The summed E-state index contributed by atoms with van der Waals surface area (Å²) in [5.74, 6) is -0.130. The largest absolute Gasteiger partial charge is 0.465 e. The molecule has 0 radical (unpaired) electrons. The number of hydrogen-bond donors (Lipinski definition) is 1. The third-order valence-electron chi connectivity index (χ3n) is 2.19. The maximum atomic E-state index is 11.3. The maximum absolute atomic E-state index is 11.3. The first-order chi connectivity index (χ1) is 6.72. The van der Waals surface area contributed by atoms with E-state index < -0.39 is 0 Å². The Labute approximate surface area is 86.5 Å². The van der Waals surface area contributed by atoms with E-state index in [0.29, 0.717) is 6.61 Å². The molecule has 1 N–H and O–H groups in total. The Morgan fingerprint density at radius 1 is 1.36 bits per heavy atom.